The molecule has 0 radical (unpaired) electrons. The average molecular weight is 302 g/mol. The van der Waals surface area contributed by atoms with E-state index in [1.165, 1.54) is 0 Å². The van der Waals surface area contributed by atoms with Gasteiger partial charge in [0.25, 0.3) is 10.0 Å². The SMILES string of the molecule is CCC(Br)CC1=NS(=O)(=O)c2ccccc21. The van der Waals surface area contributed by atoms with Gasteiger partial charge in [0.05, 0.1) is 10.6 Å². The first-order chi connectivity index (χ1) is 7.54. The summed E-state index contributed by atoms with van der Waals surface area (Å²) in [6.45, 7) is 2.05. The van der Waals surface area contributed by atoms with Gasteiger partial charge in [0.2, 0.25) is 0 Å². The van der Waals surface area contributed by atoms with Crippen LogP contribution >= 0.6 is 15.9 Å². The minimum Gasteiger partial charge on any atom is -0.199 e. The molecule has 0 aromatic heterocycles. The molecule has 86 valence electrons. The molecule has 1 atom stereocenters. The van der Waals surface area contributed by atoms with Crippen molar-refractivity contribution in [2.45, 2.75) is 29.5 Å². The van der Waals surface area contributed by atoms with Crippen LogP contribution in [-0.4, -0.2) is 19.0 Å². The highest BCUT2D eigenvalue weighted by molar-refractivity contribution is 9.09. The first kappa shape index (κ1) is 11.8. The third-order valence-electron chi connectivity index (χ3n) is 2.56. The van der Waals surface area contributed by atoms with E-state index in [1.807, 2.05) is 12.1 Å². The zero-order valence-corrected chi connectivity index (χ0v) is 11.3. The Bertz CT molecular complexity index is 537. The molecule has 0 spiro atoms. The van der Waals surface area contributed by atoms with Crippen molar-refractivity contribution in [1.82, 2.24) is 0 Å². The molecule has 1 unspecified atom stereocenters. The second-order valence-corrected chi connectivity index (χ2v) is 6.59. The Hall–Kier alpha value is -0.680. The fourth-order valence-corrected chi connectivity index (χ4v) is 3.26. The molecule has 0 aliphatic carbocycles. The maximum atomic E-state index is 11.7. The fraction of sp³-hybridized carbons (Fsp3) is 0.364. The highest BCUT2D eigenvalue weighted by atomic mass is 79.9. The third kappa shape index (κ3) is 2.06. The van der Waals surface area contributed by atoms with Gasteiger partial charge in [-0.15, -0.1) is 0 Å². The number of nitrogens with zero attached hydrogens (tertiary/aromatic N) is 1. The maximum Gasteiger partial charge on any atom is 0.283 e. The van der Waals surface area contributed by atoms with E-state index < -0.39 is 10.0 Å². The van der Waals surface area contributed by atoms with Crippen molar-refractivity contribution in [3.63, 3.8) is 0 Å². The van der Waals surface area contributed by atoms with Gasteiger partial charge in [0.15, 0.2) is 0 Å². The Morgan fingerprint density at radius 3 is 2.75 bits per heavy atom. The lowest BCUT2D eigenvalue weighted by molar-refractivity contribution is 0.599. The summed E-state index contributed by atoms with van der Waals surface area (Å²) < 4.78 is 27.3. The van der Waals surface area contributed by atoms with Crippen molar-refractivity contribution in [2.24, 2.45) is 4.40 Å². The largest absolute Gasteiger partial charge is 0.283 e. The summed E-state index contributed by atoms with van der Waals surface area (Å²) in [6.07, 6.45) is 1.59. The van der Waals surface area contributed by atoms with Crippen LogP contribution in [-0.2, 0) is 10.0 Å². The van der Waals surface area contributed by atoms with E-state index in [2.05, 4.69) is 27.3 Å². The van der Waals surface area contributed by atoms with Gasteiger partial charge in [-0.3, -0.25) is 0 Å². The summed E-state index contributed by atoms with van der Waals surface area (Å²) in [6, 6.07) is 6.98. The summed E-state index contributed by atoms with van der Waals surface area (Å²) >= 11 is 3.50. The van der Waals surface area contributed by atoms with Gasteiger partial charge < -0.3 is 0 Å². The molecule has 0 amide bonds. The average Bonchev–Trinajstić information content (AvgIpc) is 2.51. The monoisotopic (exact) mass is 301 g/mol. The number of fused-ring (bicyclic) bond motifs is 1. The van der Waals surface area contributed by atoms with Crippen molar-refractivity contribution in [3.8, 4) is 0 Å². The van der Waals surface area contributed by atoms with E-state index in [9.17, 15) is 8.42 Å². The van der Waals surface area contributed by atoms with Crippen LogP contribution in [0, 0.1) is 0 Å². The van der Waals surface area contributed by atoms with E-state index >= 15 is 0 Å². The van der Waals surface area contributed by atoms with Gasteiger partial charge in [-0.05, 0) is 12.5 Å². The van der Waals surface area contributed by atoms with Gasteiger partial charge in [-0.2, -0.15) is 12.8 Å². The first-order valence-electron chi connectivity index (χ1n) is 5.12. The van der Waals surface area contributed by atoms with Gasteiger partial charge >= 0.3 is 0 Å². The molecule has 0 N–H and O–H groups in total. The van der Waals surface area contributed by atoms with Crippen LogP contribution < -0.4 is 0 Å². The molecule has 1 heterocycles. The molecular formula is C11H12BrNO2S. The van der Waals surface area contributed by atoms with Crippen LogP contribution in [0.2, 0.25) is 0 Å². The molecule has 1 aromatic rings. The van der Waals surface area contributed by atoms with Crippen molar-refractivity contribution in [3.05, 3.63) is 29.8 Å². The molecule has 0 saturated heterocycles. The molecule has 1 aliphatic heterocycles. The summed E-state index contributed by atoms with van der Waals surface area (Å²) in [7, 11) is -3.44. The zero-order valence-electron chi connectivity index (χ0n) is 8.85. The van der Waals surface area contributed by atoms with Crippen LogP contribution in [0.25, 0.3) is 0 Å². The van der Waals surface area contributed by atoms with Crippen molar-refractivity contribution < 1.29 is 8.42 Å². The number of rotatable bonds is 3. The Balaban J connectivity index is 2.43. The van der Waals surface area contributed by atoms with Crippen LogP contribution in [0.1, 0.15) is 25.3 Å². The lowest BCUT2D eigenvalue weighted by Crippen LogP contribution is -2.06. The normalized spacial score (nSPS) is 19.0. The first-order valence-corrected chi connectivity index (χ1v) is 7.47. The number of sulfonamides is 1. The van der Waals surface area contributed by atoms with Crippen molar-refractivity contribution in [1.29, 1.82) is 0 Å². The Morgan fingerprint density at radius 1 is 1.38 bits per heavy atom. The fourth-order valence-electron chi connectivity index (χ4n) is 1.67. The summed E-state index contributed by atoms with van der Waals surface area (Å²) in [5, 5.41) is 0. The van der Waals surface area contributed by atoms with Gasteiger partial charge in [-0.1, -0.05) is 41.1 Å². The molecule has 1 aliphatic rings. The number of benzene rings is 1. The topological polar surface area (TPSA) is 46.5 Å². The summed E-state index contributed by atoms with van der Waals surface area (Å²) in [5.74, 6) is 0. The van der Waals surface area contributed by atoms with Gasteiger partial charge in [0.1, 0.15) is 0 Å². The Morgan fingerprint density at radius 2 is 2.06 bits per heavy atom. The second-order valence-electron chi connectivity index (χ2n) is 3.72. The number of alkyl halides is 1. The third-order valence-corrected chi connectivity index (χ3v) is 4.91. The lowest BCUT2D eigenvalue weighted by atomic mass is 10.1. The quantitative estimate of drug-likeness (QED) is 0.806. The number of hydrogen-bond donors (Lipinski definition) is 0. The standard InChI is InChI=1S/C11H12BrNO2S/c1-2-8(12)7-10-9-5-3-4-6-11(9)16(14,15)13-10/h3-6,8H,2,7H2,1H3. The Labute approximate surface area is 104 Å². The maximum absolute atomic E-state index is 11.7. The molecule has 2 rings (SSSR count). The molecule has 0 fully saturated rings. The molecule has 0 saturated carbocycles. The van der Waals surface area contributed by atoms with Crippen molar-refractivity contribution in [2.75, 3.05) is 0 Å². The highest BCUT2D eigenvalue weighted by Crippen LogP contribution is 2.29. The number of hydrogen-bond acceptors (Lipinski definition) is 2. The molecule has 3 nitrogen and oxygen atoms in total. The number of halogens is 1. The van der Waals surface area contributed by atoms with Crippen molar-refractivity contribution >= 4 is 31.7 Å². The minimum atomic E-state index is -3.44. The minimum absolute atomic E-state index is 0.271. The van der Waals surface area contributed by atoms with Gasteiger partial charge in [-0.25, -0.2) is 0 Å². The summed E-state index contributed by atoms with van der Waals surface area (Å²) in [5.41, 5.74) is 1.42. The van der Waals surface area contributed by atoms with E-state index in [0.717, 1.165) is 12.0 Å². The van der Waals surface area contributed by atoms with Crippen LogP contribution in [0.4, 0.5) is 0 Å². The van der Waals surface area contributed by atoms with Gasteiger partial charge in [0, 0.05) is 16.8 Å². The van der Waals surface area contributed by atoms with E-state index in [1.54, 1.807) is 12.1 Å². The lowest BCUT2D eigenvalue weighted by Gasteiger charge is -2.06. The predicted octanol–water partition coefficient (Wildman–Crippen LogP) is 2.74. The van der Waals surface area contributed by atoms with Crippen LogP contribution in [0.5, 0.6) is 0 Å². The highest BCUT2D eigenvalue weighted by Gasteiger charge is 2.28. The smallest absolute Gasteiger partial charge is 0.199 e. The van der Waals surface area contributed by atoms with E-state index in [0.29, 0.717) is 17.0 Å². The molecule has 16 heavy (non-hydrogen) atoms. The molecular weight excluding hydrogens is 290 g/mol. The second kappa shape index (κ2) is 4.30. The van der Waals surface area contributed by atoms with E-state index in [4.69, 9.17) is 0 Å². The van der Waals surface area contributed by atoms with E-state index in [-0.39, 0.29) is 4.83 Å². The molecule has 1 aromatic carbocycles. The predicted molar refractivity (Wildman–Crippen MR) is 67.8 cm³/mol. The Kier molecular flexibility index (Phi) is 3.17. The van der Waals surface area contributed by atoms with Crippen LogP contribution in [0.3, 0.4) is 0 Å². The molecule has 5 heteroatoms. The molecule has 0 bridgehead atoms. The summed E-state index contributed by atoms with van der Waals surface area (Å²) in [4.78, 5) is 0.605. The zero-order chi connectivity index (χ0) is 11.8. The van der Waals surface area contributed by atoms with Crippen LogP contribution in [0.15, 0.2) is 33.6 Å².